The first-order valence-corrected chi connectivity index (χ1v) is 8.91. The van der Waals surface area contributed by atoms with Crippen molar-refractivity contribution in [1.82, 2.24) is 10.3 Å². The van der Waals surface area contributed by atoms with E-state index in [4.69, 9.17) is 14.6 Å². The lowest BCUT2D eigenvalue weighted by atomic mass is 9.81. The molecule has 160 valence electrons. The van der Waals surface area contributed by atoms with Crippen LogP contribution in [-0.2, 0) is 9.53 Å². The maximum atomic E-state index is 12.5. The van der Waals surface area contributed by atoms with Gasteiger partial charge in [0.25, 0.3) is 0 Å². The van der Waals surface area contributed by atoms with Crippen LogP contribution in [0, 0.1) is 20.8 Å². The molecule has 0 radical (unpaired) electrons. The third-order valence-electron chi connectivity index (χ3n) is 4.56. The van der Waals surface area contributed by atoms with Gasteiger partial charge in [-0.25, -0.2) is 9.59 Å². The number of aromatic amines is 1. The number of hydrogen-bond donors (Lipinski definition) is 3. The maximum absolute atomic E-state index is 12.5. The van der Waals surface area contributed by atoms with E-state index >= 15 is 0 Å². The van der Waals surface area contributed by atoms with Gasteiger partial charge in [-0.3, -0.25) is 0 Å². The number of aliphatic carboxylic acids is 1. The molecule has 0 bridgehead atoms. The third-order valence-corrected chi connectivity index (χ3v) is 4.56. The molecule has 2 heterocycles. The number of halogens is 3. The fraction of sp³-hybridized carbons (Fsp3) is 0.684. The number of H-pyrrole nitrogens is 1. The minimum atomic E-state index is -5.08. The molecule has 1 fully saturated rings. The van der Waals surface area contributed by atoms with Gasteiger partial charge < -0.3 is 20.1 Å². The van der Waals surface area contributed by atoms with Gasteiger partial charge in [-0.2, -0.15) is 13.2 Å². The fourth-order valence-corrected chi connectivity index (χ4v) is 3.73. The Balaban J connectivity index is 0.000000480. The summed E-state index contributed by atoms with van der Waals surface area (Å²) >= 11 is 0. The van der Waals surface area contributed by atoms with Crippen molar-refractivity contribution in [2.75, 3.05) is 0 Å². The van der Waals surface area contributed by atoms with Crippen LogP contribution in [-0.4, -0.2) is 45.4 Å². The van der Waals surface area contributed by atoms with E-state index in [1.807, 2.05) is 20.8 Å². The molecule has 2 rings (SSSR count). The van der Waals surface area contributed by atoms with Crippen LogP contribution in [0.4, 0.5) is 13.2 Å². The molecule has 6 nitrogen and oxygen atoms in total. The number of ether oxygens (including phenoxy) is 1. The molecule has 1 aromatic heterocycles. The van der Waals surface area contributed by atoms with Gasteiger partial charge in [-0.15, -0.1) is 0 Å². The van der Waals surface area contributed by atoms with Gasteiger partial charge in [-0.1, -0.05) is 0 Å². The Bertz CT molecular complexity index is 720. The lowest BCUT2D eigenvalue weighted by Crippen LogP contribution is -2.59. The highest BCUT2D eigenvalue weighted by Gasteiger charge is 2.40. The predicted molar refractivity (Wildman–Crippen MR) is 98.4 cm³/mol. The zero-order valence-electron chi connectivity index (χ0n) is 17.3. The lowest BCUT2D eigenvalue weighted by Gasteiger charge is -2.45. The largest absolute Gasteiger partial charge is 0.490 e. The second-order valence-corrected chi connectivity index (χ2v) is 8.51. The number of rotatable bonds is 2. The highest BCUT2D eigenvalue weighted by atomic mass is 19.4. The maximum Gasteiger partial charge on any atom is 0.490 e. The Morgan fingerprint density at radius 1 is 1.04 bits per heavy atom. The van der Waals surface area contributed by atoms with Crippen molar-refractivity contribution in [3.8, 4) is 0 Å². The Morgan fingerprint density at radius 2 is 1.46 bits per heavy atom. The molecular weight excluding hydrogens is 377 g/mol. The molecule has 1 aliphatic rings. The Labute approximate surface area is 162 Å². The van der Waals surface area contributed by atoms with Crippen LogP contribution in [0.1, 0.15) is 67.8 Å². The summed E-state index contributed by atoms with van der Waals surface area (Å²) in [6, 6.07) is 0. The summed E-state index contributed by atoms with van der Waals surface area (Å²) in [6.07, 6.45) is -3.45. The minimum Gasteiger partial charge on any atom is -0.475 e. The molecule has 3 N–H and O–H groups in total. The normalized spacial score (nSPS) is 18.8. The molecule has 0 saturated carbocycles. The van der Waals surface area contributed by atoms with Crippen molar-refractivity contribution in [3.63, 3.8) is 0 Å². The third kappa shape index (κ3) is 6.54. The SMILES string of the molecule is Cc1[nH]c(C)c(C(=O)OC2CC(C)(C)NC(C)(C)C2)c1C.O=C(O)C(F)(F)F. The van der Waals surface area contributed by atoms with Crippen LogP contribution < -0.4 is 5.32 Å². The first-order valence-electron chi connectivity index (χ1n) is 8.91. The highest BCUT2D eigenvalue weighted by Crippen LogP contribution is 2.31. The smallest absolute Gasteiger partial charge is 0.475 e. The molecular formula is C19H29F3N2O4. The number of aryl methyl sites for hydroxylation is 2. The van der Waals surface area contributed by atoms with Gasteiger partial charge >= 0.3 is 18.1 Å². The van der Waals surface area contributed by atoms with Crippen LogP contribution in [0.2, 0.25) is 0 Å². The summed E-state index contributed by atoms with van der Waals surface area (Å²) in [5, 5.41) is 10.7. The van der Waals surface area contributed by atoms with Crippen molar-refractivity contribution in [2.45, 2.75) is 84.7 Å². The van der Waals surface area contributed by atoms with Crippen LogP contribution in [0.5, 0.6) is 0 Å². The summed E-state index contributed by atoms with van der Waals surface area (Å²) < 4.78 is 37.6. The zero-order chi connectivity index (χ0) is 22.1. The molecule has 1 aliphatic heterocycles. The Morgan fingerprint density at radius 3 is 1.79 bits per heavy atom. The van der Waals surface area contributed by atoms with E-state index in [-0.39, 0.29) is 23.2 Å². The summed E-state index contributed by atoms with van der Waals surface area (Å²) in [7, 11) is 0. The quantitative estimate of drug-likeness (QED) is 0.645. The lowest BCUT2D eigenvalue weighted by molar-refractivity contribution is -0.192. The molecule has 0 atom stereocenters. The van der Waals surface area contributed by atoms with E-state index in [0.29, 0.717) is 5.56 Å². The van der Waals surface area contributed by atoms with Crippen LogP contribution in [0.15, 0.2) is 0 Å². The average molecular weight is 406 g/mol. The molecule has 1 saturated heterocycles. The van der Waals surface area contributed by atoms with Crippen molar-refractivity contribution in [3.05, 3.63) is 22.5 Å². The topological polar surface area (TPSA) is 91.4 Å². The van der Waals surface area contributed by atoms with Crippen LogP contribution in [0.3, 0.4) is 0 Å². The molecule has 1 aromatic rings. The van der Waals surface area contributed by atoms with Crippen molar-refractivity contribution in [1.29, 1.82) is 0 Å². The number of carbonyl (C=O) groups is 2. The van der Waals surface area contributed by atoms with E-state index < -0.39 is 12.1 Å². The van der Waals surface area contributed by atoms with E-state index in [9.17, 15) is 18.0 Å². The summed E-state index contributed by atoms with van der Waals surface area (Å²) in [5.74, 6) is -2.96. The van der Waals surface area contributed by atoms with Crippen molar-refractivity contribution < 1.29 is 32.6 Å². The van der Waals surface area contributed by atoms with E-state index in [0.717, 1.165) is 29.8 Å². The zero-order valence-corrected chi connectivity index (χ0v) is 17.3. The fourth-order valence-electron chi connectivity index (χ4n) is 3.73. The van der Waals surface area contributed by atoms with Crippen LogP contribution >= 0.6 is 0 Å². The standard InChI is InChI=1S/C17H28N2O2.C2HF3O2/c1-10-11(2)18-12(3)14(10)15(20)21-13-8-16(4,5)19-17(6,7)9-13;3-2(4,5)1(6)7/h13,18-19H,8-9H2,1-7H3;(H,6,7). The number of carboxylic acids is 1. The minimum absolute atomic E-state index is 0.0230. The number of esters is 1. The first-order chi connectivity index (χ1) is 12.4. The number of piperidine rings is 1. The van der Waals surface area contributed by atoms with Gasteiger partial charge in [0.1, 0.15) is 6.10 Å². The number of alkyl halides is 3. The number of carbonyl (C=O) groups excluding carboxylic acids is 1. The molecule has 0 unspecified atom stereocenters. The predicted octanol–water partition coefficient (Wildman–Crippen LogP) is 4.04. The molecule has 0 aliphatic carbocycles. The first kappa shape index (κ1) is 24.0. The Hall–Kier alpha value is -2.03. The van der Waals surface area contributed by atoms with Crippen molar-refractivity contribution in [2.24, 2.45) is 0 Å². The summed E-state index contributed by atoms with van der Waals surface area (Å²) in [5.41, 5.74) is 3.56. The van der Waals surface area contributed by atoms with E-state index in [2.05, 4.69) is 38.0 Å². The van der Waals surface area contributed by atoms with Gasteiger partial charge in [-0.05, 0) is 54.0 Å². The second kappa shape index (κ2) is 8.14. The number of hydrogen-bond acceptors (Lipinski definition) is 4. The van der Waals surface area contributed by atoms with E-state index in [1.165, 1.54) is 0 Å². The van der Waals surface area contributed by atoms with Gasteiger partial charge in [0.15, 0.2) is 0 Å². The molecule has 0 aromatic carbocycles. The molecule has 28 heavy (non-hydrogen) atoms. The van der Waals surface area contributed by atoms with Crippen LogP contribution in [0.25, 0.3) is 0 Å². The van der Waals surface area contributed by atoms with Crippen molar-refractivity contribution >= 4 is 11.9 Å². The van der Waals surface area contributed by atoms with Gasteiger partial charge in [0.05, 0.1) is 5.56 Å². The molecule has 0 spiro atoms. The number of aromatic nitrogens is 1. The molecule has 9 heteroatoms. The summed E-state index contributed by atoms with van der Waals surface area (Å²) in [6.45, 7) is 14.5. The van der Waals surface area contributed by atoms with Gasteiger partial charge in [0.2, 0.25) is 0 Å². The van der Waals surface area contributed by atoms with E-state index in [1.54, 1.807) is 0 Å². The highest BCUT2D eigenvalue weighted by molar-refractivity contribution is 5.93. The van der Waals surface area contributed by atoms with Gasteiger partial charge in [0, 0.05) is 35.3 Å². The summed E-state index contributed by atoms with van der Waals surface area (Å²) in [4.78, 5) is 24.6. The number of carboxylic acid groups (broad SMARTS) is 1. The Kier molecular flexibility index (Phi) is 6.98. The molecule has 0 amide bonds. The average Bonchev–Trinajstić information content (AvgIpc) is 2.67. The monoisotopic (exact) mass is 406 g/mol. The number of nitrogens with one attached hydrogen (secondary N) is 2. The second-order valence-electron chi connectivity index (χ2n) is 8.51.